The summed E-state index contributed by atoms with van der Waals surface area (Å²) in [4.78, 5) is 0. The molecule has 6 heteroatoms. The van der Waals surface area contributed by atoms with E-state index in [1.54, 1.807) is 6.92 Å². The van der Waals surface area contributed by atoms with Gasteiger partial charge in [-0.05, 0) is 31.9 Å². The number of hydrogen-bond acceptors (Lipinski definition) is 3. The number of hydrogen-bond donors (Lipinski definition) is 1. The molecular formula is C16H23F2NO2S. The minimum Gasteiger partial charge on any atom is -0.312 e. The van der Waals surface area contributed by atoms with Crippen molar-refractivity contribution in [1.82, 2.24) is 5.32 Å². The van der Waals surface area contributed by atoms with Crippen LogP contribution in [-0.2, 0) is 15.3 Å². The molecule has 124 valence electrons. The van der Waals surface area contributed by atoms with Gasteiger partial charge in [0, 0.05) is 29.8 Å². The standard InChI is InChI=1S/C16H23F2NO2S/c1-12(10-22(2,20)21)19-11-16(8-3-4-9-16)15-13(17)6-5-7-14(15)18/h5-7,12,19H,3-4,8-11H2,1-2H3/t12-/m0/s1. The Kier molecular flexibility index (Phi) is 5.22. The van der Waals surface area contributed by atoms with Crippen molar-refractivity contribution in [3.05, 3.63) is 35.4 Å². The maximum Gasteiger partial charge on any atom is 0.148 e. The molecule has 1 aliphatic rings. The Bertz CT molecular complexity index is 605. The zero-order chi connectivity index (χ0) is 16.4. The largest absolute Gasteiger partial charge is 0.312 e. The van der Waals surface area contributed by atoms with Crippen LogP contribution in [0.25, 0.3) is 0 Å². The Labute approximate surface area is 131 Å². The lowest BCUT2D eigenvalue weighted by Gasteiger charge is -2.32. The van der Waals surface area contributed by atoms with E-state index in [1.807, 2.05) is 0 Å². The second kappa shape index (κ2) is 6.62. The molecule has 3 nitrogen and oxygen atoms in total. The highest BCUT2D eigenvalue weighted by Crippen LogP contribution is 2.42. The summed E-state index contributed by atoms with van der Waals surface area (Å²) in [6.45, 7) is 2.17. The van der Waals surface area contributed by atoms with Crippen molar-refractivity contribution in [2.24, 2.45) is 0 Å². The third-order valence-corrected chi connectivity index (χ3v) is 5.50. The molecule has 1 aromatic carbocycles. The van der Waals surface area contributed by atoms with Crippen molar-refractivity contribution < 1.29 is 17.2 Å². The maximum atomic E-state index is 14.2. The molecule has 1 aromatic rings. The summed E-state index contributed by atoms with van der Waals surface area (Å²) in [6, 6.07) is 3.70. The van der Waals surface area contributed by atoms with Crippen molar-refractivity contribution in [2.75, 3.05) is 18.6 Å². The summed E-state index contributed by atoms with van der Waals surface area (Å²) in [6.07, 6.45) is 4.46. The SMILES string of the molecule is C[C@@H](CS(C)(=O)=O)NCC1(c2c(F)cccc2F)CCCC1. The lowest BCUT2D eigenvalue weighted by molar-refractivity contribution is 0.356. The van der Waals surface area contributed by atoms with Gasteiger partial charge in [-0.15, -0.1) is 0 Å². The lowest BCUT2D eigenvalue weighted by Crippen LogP contribution is -2.43. The van der Waals surface area contributed by atoms with Gasteiger partial charge in [0.1, 0.15) is 21.5 Å². The van der Waals surface area contributed by atoms with Crippen molar-refractivity contribution in [3.63, 3.8) is 0 Å². The van der Waals surface area contributed by atoms with Gasteiger partial charge in [0.25, 0.3) is 0 Å². The van der Waals surface area contributed by atoms with Crippen molar-refractivity contribution in [2.45, 2.75) is 44.1 Å². The van der Waals surface area contributed by atoms with Crippen LogP contribution >= 0.6 is 0 Å². The fourth-order valence-corrected chi connectivity index (χ4v) is 4.48. The van der Waals surface area contributed by atoms with Crippen LogP contribution in [0.15, 0.2) is 18.2 Å². The van der Waals surface area contributed by atoms with Gasteiger partial charge in [0.05, 0.1) is 5.75 Å². The fraction of sp³-hybridized carbons (Fsp3) is 0.625. The highest BCUT2D eigenvalue weighted by molar-refractivity contribution is 7.90. The molecule has 2 rings (SSSR count). The van der Waals surface area contributed by atoms with E-state index in [2.05, 4.69) is 5.32 Å². The summed E-state index contributed by atoms with van der Waals surface area (Å²) < 4.78 is 51.0. The maximum absolute atomic E-state index is 14.2. The van der Waals surface area contributed by atoms with Crippen molar-refractivity contribution >= 4 is 9.84 Å². The first-order chi connectivity index (χ1) is 10.2. The average Bonchev–Trinajstić information content (AvgIpc) is 2.84. The zero-order valence-corrected chi connectivity index (χ0v) is 13.8. The number of rotatable bonds is 6. The number of halogens is 2. The Morgan fingerprint density at radius 3 is 2.27 bits per heavy atom. The van der Waals surface area contributed by atoms with Crippen molar-refractivity contribution in [3.8, 4) is 0 Å². The molecule has 1 aliphatic carbocycles. The van der Waals surface area contributed by atoms with E-state index in [0.29, 0.717) is 19.4 Å². The highest BCUT2D eigenvalue weighted by atomic mass is 32.2. The molecule has 1 atom stereocenters. The number of benzene rings is 1. The quantitative estimate of drug-likeness (QED) is 0.872. The van der Waals surface area contributed by atoms with E-state index in [-0.39, 0.29) is 17.4 Å². The molecule has 0 amide bonds. The van der Waals surface area contributed by atoms with E-state index in [1.165, 1.54) is 24.5 Å². The van der Waals surface area contributed by atoms with Crippen LogP contribution in [0, 0.1) is 11.6 Å². The van der Waals surface area contributed by atoms with Crippen LogP contribution in [0.5, 0.6) is 0 Å². The first-order valence-electron chi connectivity index (χ1n) is 7.59. The van der Waals surface area contributed by atoms with Gasteiger partial charge >= 0.3 is 0 Å². The highest BCUT2D eigenvalue weighted by Gasteiger charge is 2.39. The van der Waals surface area contributed by atoms with E-state index in [9.17, 15) is 17.2 Å². The molecule has 1 fully saturated rings. The van der Waals surface area contributed by atoms with Crippen LogP contribution in [0.2, 0.25) is 0 Å². The topological polar surface area (TPSA) is 46.2 Å². The summed E-state index contributed by atoms with van der Waals surface area (Å²) in [5, 5.41) is 3.16. The van der Waals surface area contributed by atoms with E-state index < -0.39 is 26.9 Å². The Hall–Kier alpha value is -1.01. The molecule has 0 spiro atoms. The monoisotopic (exact) mass is 331 g/mol. The van der Waals surface area contributed by atoms with E-state index >= 15 is 0 Å². The van der Waals surface area contributed by atoms with Crippen LogP contribution in [-0.4, -0.2) is 33.0 Å². The number of sulfone groups is 1. The second-order valence-electron chi connectivity index (χ2n) is 6.46. The Morgan fingerprint density at radius 1 is 1.23 bits per heavy atom. The molecule has 0 bridgehead atoms. The average molecular weight is 331 g/mol. The Balaban J connectivity index is 2.19. The van der Waals surface area contributed by atoms with Gasteiger partial charge in [0.2, 0.25) is 0 Å². The lowest BCUT2D eigenvalue weighted by atomic mass is 9.78. The minimum absolute atomic E-state index is 0.0167. The van der Waals surface area contributed by atoms with Gasteiger partial charge in [-0.1, -0.05) is 18.9 Å². The van der Waals surface area contributed by atoms with Gasteiger partial charge < -0.3 is 5.32 Å². The van der Waals surface area contributed by atoms with Crippen molar-refractivity contribution in [1.29, 1.82) is 0 Å². The molecule has 0 radical (unpaired) electrons. The first-order valence-corrected chi connectivity index (χ1v) is 9.65. The normalized spacial score (nSPS) is 19.3. The second-order valence-corrected chi connectivity index (χ2v) is 8.64. The predicted octanol–water partition coefficient (Wildman–Crippen LogP) is 2.80. The third kappa shape index (κ3) is 4.04. The molecule has 0 unspecified atom stereocenters. The fourth-order valence-electron chi connectivity index (χ4n) is 3.45. The molecule has 0 aromatic heterocycles. The minimum atomic E-state index is -3.08. The van der Waals surface area contributed by atoms with Crippen LogP contribution in [0.3, 0.4) is 0 Å². The van der Waals surface area contributed by atoms with Gasteiger partial charge in [0.15, 0.2) is 0 Å². The number of nitrogens with one attached hydrogen (secondary N) is 1. The van der Waals surface area contributed by atoms with Crippen LogP contribution in [0.1, 0.15) is 38.2 Å². The van der Waals surface area contributed by atoms with E-state index in [4.69, 9.17) is 0 Å². The summed E-state index contributed by atoms with van der Waals surface area (Å²) in [5.74, 6) is -1.01. The molecule has 22 heavy (non-hydrogen) atoms. The summed E-state index contributed by atoms with van der Waals surface area (Å²) >= 11 is 0. The summed E-state index contributed by atoms with van der Waals surface area (Å²) in [5.41, 5.74) is -0.437. The van der Waals surface area contributed by atoms with Crippen LogP contribution in [0.4, 0.5) is 8.78 Å². The summed E-state index contributed by atoms with van der Waals surface area (Å²) in [7, 11) is -3.08. The zero-order valence-electron chi connectivity index (χ0n) is 13.0. The molecule has 0 saturated heterocycles. The van der Waals surface area contributed by atoms with Gasteiger partial charge in [-0.2, -0.15) is 0 Å². The molecular weight excluding hydrogens is 308 g/mol. The molecule has 1 N–H and O–H groups in total. The van der Waals surface area contributed by atoms with Gasteiger partial charge in [-0.3, -0.25) is 0 Å². The molecule has 0 aliphatic heterocycles. The van der Waals surface area contributed by atoms with E-state index in [0.717, 1.165) is 12.8 Å². The molecule has 0 heterocycles. The predicted molar refractivity (Wildman–Crippen MR) is 83.7 cm³/mol. The first kappa shape index (κ1) is 17.3. The van der Waals surface area contributed by atoms with Crippen LogP contribution < -0.4 is 5.32 Å². The third-order valence-electron chi connectivity index (χ3n) is 4.40. The smallest absolute Gasteiger partial charge is 0.148 e. The Morgan fingerprint density at radius 2 is 1.77 bits per heavy atom. The van der Waals surface area contributed by atoms with Gasteiger partial charge in [-0.25, -0.2) is 17.2 Å². The molecule has 1 saturated carbocycles.